The van der Waals surface area contributed by atoms with Crippen LogP contribution in [0.25, 0.3) is 0 Å². The van der Waals surface area contributed by atoms with E-state index in [4.69, 9.17) is 4.74 Å². The largest absolute Gasteiger partial charge is 0.477 e. The Labute approximate surface area is 208 Å². The van der Waals surface area contributed by atoms with Crippen molar-refractivity contribution in [1.29, 1.82) is 0 Å². The Hall–Kier alpha value is -2.36. The van der Waals surface area contributed by atoms with Crippen LogP contribution in [0.4, 0.5) is 0 Å². The fourth-order valence-corrected chi connectivity index (χ4v) is 3.07. The predicted octanol–water partition coefficient (Wildman–Crippen LogP) is 3.49. The van der Waals surface area contributed by atoms with Crippen molar-refractivity contribution in [2.24, 2.45) is 10.9 Å². The van der Waals surface area contributed by atoms with Crippen LogP contribution in [0.2, 0.25) is 0 Å². The number of carbonyl (C=O) groups excluding carboxylic acids is 1. The number of benzene rings is 1. The zero-order chi connectivity index (χ0) is 22.1. The van der Waals surface area contributed by atoms with Crippen molar-refractivity contribution in [3.63, 3.8) is 0 Å². The van der Waals surface area contributed by atoms with Crippen LogP contribution in [0.5, 0.6) is 5.88 Å². The second kappa shape index (κ2) is 13.2. The summed E-state index contributed by atoms with van der Waals surface area (Å²) in [5, 5.41) is 6.65. The molecule has 2 aromatic rings. The van der Waals surface area contributed by atoms with Gasteiger partial charge < -0.3 is 20.3 Å². The molecule has 3 rings (SSSR count). The van der Waals surface area contributed by atoms with E-state index in [1.165, 1.54) is 12.8 Å². The van der Waals surface area contributed by atoms with Gasteiger partial charge in [-0.25, -0.2) is 9.98 Å². The van der Waals surface area contributed by atoms with E-state index in [0.717, 1.165) is 43.2 Å². The fraction of sp³-hybridized carbons (Fsp3) is 0.458. The summed E-state index contributed by atoms with van der Waals surface area (Å²) in [5.74, 6) is 2.15. The van der Waals surface area contributed by atoms with E-state index in [-0.39, 0.29) is 29.9 Å². The monoisotopic (exact) mass is 551 g/mol. The second-order valence-corrected chi connectivity index (χ2v) is 8.03. The summed E-state index contributed by atoms with van der Waals surface area (Å²) in [6, 6.07) is 11.7. The number of carbonyl (C=O) groups is 1. The summed E-state index contributed by atoms with van der Waals surface area (Å²) in [5.41, 5.74) is 2.89. The van der Waals surface area contributed by atoms with Crippen molar-refractivity contribution < 1.29 is 9.53 Å². The highest BCUT2D eigenvalue weighted by atomic mass is 127. The molecular formula is C24H34IN5O2. The van der Waals surface area contributed by atoms with Crippen LogP contribution < -0.4 is 15.4 Å². The van der Waals surface area contributed by atoms with Crippen molar-refractivity contribution in [3.05, 3.63) is 59.3 Å². The van der Waals surface area contributed by atoms with Crippen molar-refractivity contribution in [1.82, 2.24) is 20.5 Å². The molecule has 1 amide bonds. The van der Waals surface area contributed by atoms with E-state index in [0.29, 0.717) is 23.9 Å². The van der Waals surface area contributed by atoms with Crippen LogP contribution in [0.15, 0.2) is 47.6 Å². The first-order valence-electron chi connectivity index (χ1n) is 11.0. The molecule has 0 aliphatic heterocycles. The lowest BCUT2D eigenvalue weighted by atomic mass is 10.1. The average Bonchev–Trinajstić information content (AvgIpc) is 3.60. The molecule has 2 N–H and O–H groups in total. The predicted molar refractivity (Wildman–Crippen MR) is 139 cm³/mol. The van der Waals surface area contributed by atoms with Gasteiger partial charge in [0.05, 0.1) is 13.2 Å². The molecule has 8 heteroatoms. The summed E-state index contributed by atoms with van der Waals surface area (Å²) in [6.07, 6.45) is 5.10. The lowest BCUT2D eigenvalue weighted by Crippen LogP contribution is -2.38. The van der Waals surface area contributed by atoms with Crippen molar-refractivity contribution in [2.45, 2.75) is 32.7 Å². The molecule has 1 heterocycles. The standard InChI is InChI=1S/C24H33N5O2.HI/c1-4-25-24(27-13-10-18-6-5-7-21(14-18)23(30)29(2)3)28-16-20-11-12-26-22(15-20)31-17-19-8-9-19;/h5-7,11-12,14-15,19H,4,8-10,13,16-17H2,1-3H3,(H2,25,27,28);1H. The van der Waals surface area contributed by atoms with Gasteiger partial charge in [-0.3, -0.25) is 4.79 Å². The number of amides is 1. The Morgan fingerprint density at radius 3 is 2.72 bits per heavy atom. The molecule has 0 atom stereocenters. The van der Waals surface area contributed by atoms with E-state index in [9.17, 15) is 4.79 Å². The summed E-state index contributed by atoms with van der Waals surface area (Å²) in [6.45, 7) is 4.85. The average molecular weight is 551 g/mol. The van der Waals surface area contributed by atoms with Crippen molar-refractivity contribution in [3.8, 4) is 5.88 Å². The van der Waals surface area contributed by atoms with Gasteiger partial charge in [0.1, 0.15) is 0 Å². The van der Waals surface area contributed by atoms with Crippen molar-refractivity contribution in [2.75, 3.05) is 33.8 Å². The number of nitrogens with zero attached hydrogens (tertiary/aromatic N) is 3. The number of rotatable bonds is 10. The van der Waals surface area contributed by atoms with Crippen LogP contribution >= 0.6 is 24.0 Å². The molecule has 0 unspecified atom stereocenters. The number of guanidine groups is 1. The molecule has 1 fully saturated rings. The molecule has 0 bridgehead atoms. The second-order valence-electron chi connectivity index (χ2n) is 8.03. The Bertz CT molecular complexity index is 899. The smallest absolute Gasteiger partial charge is 0.253 e. The minimum Gasteiger partial charge on any atom is -0.477 e. The Balaban J connectivity index is 0.00000363. The van der Waals surface area contributed by atoms with E-state index >= 15 is 0 Å². The first kappa shape index (κ1) is 25.9. The molecule has 174 valence electrons. The highest BCUT2D eigenvalue weighted by Gasteiger charge is 2.22. The van der Waals surface area contributed by atoms with E-state index in [1.54, 1.807) is 25.2 Å². The maximum Gasteiger partial charge on any atom is 0.253 e. The van der Waals surface area contributed by atoms with E-state index in [1.807, 2.05) is 43.3 Å². The van der Waals surface area contributed by atoms with Crippen molar-refractivity contribution >= 4 is 35.8 Å². The zero-order valence-corrected chi connectivity index (χ0v) is 21.5. The lowest BCUT2D eigenvalue weighted by Gasteiger charge is -2.13. The van der Waals surface area contributed by atoms with Gasteiger partial charge in [-0.05, 0) is 61.4 Å². The van der Waals surface area contributed by atoms with Crippen LogP contribution in [-0.2, 0) is 13.0 Å². The molecule has 0 saturated heterocycles. The van der Waals surface area contributed by atoms with Gasteiger partial charge in [0.2, 0.25) is 5.88 Å². The van der Waals surface area contributed by atoms with Gasteiger partial charge in [0.15, 0.2) is 5.96 Å². The number of hydrogen-bond acceptors (Lipinski definition) is 4. The number of nitrogens with one attached hydrogen (secondary N) is 2. The highest BCUT2D eigenvalue weighted by Crippen LogP contribution is 2.29. The summed E-state index contributed by atoms with van der Waals surface area (Å²) in [4.78, 5) is 22.7. The molecule has 1 aliphatic rings. The third-order valence-corrected chi connectivity index (χ3v) is 5.01. The van der Waals surface area contributed by atoms with E-state index in [2.05, 4.69) is 20.6 Å². The minimum absolute atomic E-state index is 0. The van der Waals surface area contributed by atoms with Crippen LogP contribution in [-0.4, -0.2) is 55.5 Å². The van der Waals surface area contributed by atoms with Crippen LogP contribution in [0.3, 0.4) is 0 Å². The zero-order valence-electron chi connectivity index (χ0n) is 19.1. The van der Waals surface area contributed by atoms with Crippen LogP contribution in [0, 0.1) is 5.92 Å². The Morgan fingerprint density at radius 1 is 1.19 bits per heavy atom. The molecule has 1 aromatic heterocycles. The molecule has 0 spiro atoms. The Morgan fingerprint density at radius 2 is 2.00 bits per heavy atom. The quantitative estimate of drug-likeness (QED) is 0.269. The lowest BCUT2D eigenvalue weighted by molar-refractivity contribution is 0.0827. The minimum atomic E-state index is 0. The Kier molecular flexibility index (Phi) is 10.7. The molecule has 0 radical (unpaired) electrons. The molecule has 1 saturated carbocycles. The number of aromatic nitrogens is 1. The summed E-state index contributed by atoms with van der Waals surface area (Å²) < 4.78 is 5.76. The number of hydrogen-bond donors (Lipinski definition) is 2. The van der Waals surface area contributed by atoms with Gasteiger partial charge >= 0.3 is 0 Å². The number of pyridine rings is 1. The van der Waals surface area contributed by atoms with Gasteiger partial charge in [-0.2, -0.15) is 0 Å². The normalized spacial score (nSPS) is 13.2. The molecule has 32 heavy (non-hydrogen) atoms. The maximum absolute atomic E-state index is 12.2. The van der Waals surface area contributed by atoms with Gasteiger partial charge in [-0.1, -0.05) is 12.1 Å². The van der Waals surface area contributed by atoms with Gasteiger partial charge in [0.25, 0.3) is 5.91 Å². The number of ether oxygens (including phenoxy) is 1. The van der Waals surface area contributed by atoms with Gasteiger partial charge in [-0.15, -0.1) is 24.0 Å². The third kappa shape index (κ3) is 8.64. The SMILES string of the molecule is CCNC(=NCc1ccnc(OCC2CC2)c1)NCCc1cccc(C(=O)N(C)C)c1.I. The molecule has 1 aromatic carbocycles. The molecule has 1 aliphatic carbocycles. The first-order chi connectivity index (χ1) is 15.0. The topological polar surface area (TPSA) is 78.9 Å². The third-order valence-electron chi connectivity index (χ3n) is 5.01. The van der Waals surface area contributed by atoms with Crippen LogP contribution in [0.1, 0.15) is 41.3 Å². The van der Waals surface area contributed by atoms with E-state index < -0.39 is 0 Å². The molecular weight excluding hydrogens is 517 g/mol. The highest BCUT2D eigenvalue weighted by molar-refractivity contribution is 14.0. The maximum atomic E-state index is 12.2. The fourth-order valence-electron chi connectivity index (χ4n) is 3.07. The summed E-state index contributed by atoms with van der Waals surface area (Å²) >= 11 is 0. The summed E-state index contributed by atoms with van der Waals surface area (Å²) in [7, 11) is 3.53. The number of aliphatic imine (C=N–C) groups is 1. The molecule has 7 nitrogen and oxygen atoms in total. The number of halogens is 1. The first-order valence-corrected chi connectivity index (χ1v) is 11.0. The van der Waals surface area contributed by atoms with Gasteiger partial charge in [0, 0.05) is 45.0 Å².